The molecule has 0 fully saturated rings. The summed E-state index contributed by atoms with van der Waals surface area (Å²) in [6.45, 7) is 1.21. The van der Waals surface area contributed by atoms with Crippen LogP contribution in [-0.4, -0.2) is 17.7 Å². The molecule has 3 amide bonds. The Morgan fingerprint density at radius 1 is 1.12 bits per heavy atom. The van der Waals surface area contributed by atoms with Crippen LogP contribution in [0.5, 0.6) is 0 Å². The second kappa shape index (κ2) is 7.36. The fourth-order valence-corrected chi connectivity index (χ4v) is 2.07. The summed E-state index contributed by atoms with van der Waals surface area (Å²) in [5.74, 6) is -2.97. The molecule has 6 nitrogen and oxygen atoms in total. The fourth-order valence-electron chi connectivity index (χ4n) is 2.07. The normalized spacial score (nSPS) is 10.1. The molecule has 0 heterocycles. The number of hydrogen-bond donors (Lipinski definition) is 2. The van der Waals surface area contributed by atoms with Crippen molar-refractivity contribution >= 4 is 29.1 Å². The molecule has 2 aromatic carbocycles. The Bertz CT molecular complexity index is 775. The SMILES string of the molecule is CC(=O)N(C(=O)C(=O)NCc1ccc(F)cc1)c1cccc(N)c1. The van der Waals surface area contributed by atoms with Crippen molar-refractivity contribution in [3.8, 4) is 0 Å². The van der Waals surface area contributed by atoms with E-state index in [0.29, 0.717) is 11.3 Å². The molecule has 0 bridgehead atoms. The van der Waals surface area contributed by atoms with Gasteiger partial charge in [-0.25, -0.2) is 9.29 Å². The van der Waals surface area contributed by atoms with Crippen LogP contribution in [0.25, 0.3) is 0 Å². The van der Waals surface area contributed by atoms with E-state index >= 15 is 0 Å². The van der Waals surface area contributed by atoms with Crippen LogP contribution in [0.3, 0.4) is 0 Å². The maximum atomic E-state index is 12.8. The Morgan fingerprint density at radius 3 is 2.38 bits per heavy atom. The molecule has 7 heteroatoms. The minimum absolute atomic E-state index is 0.0352. The minimum Gasteiger partial charge on any atom is -0.399 e. The van der Waals surface area contributed by atoms with Gasteiger partial charge < -0.3 is 11.1 Å². The Kier molecular flexibility index (Phi) is 5.26. The number of amides is 3. The van der Waals surface area contributed by atoms with Gasteiger partial charge in [-0.3, -0.25) is 14.4 Å². The van der Waals surface area contributed by atoms with Gasteiger partial charge in [0.1, 0.15) is 5.82 Å². The van der Waals surface area contributed by atoms with Crippen LogP contribution in [0.15, 0.2) is 48.5 Å². The Balaban J connectivity index is 2.10. The molecule has 0 aliphatic heterocycles. The van der Waals surface area contributed by atoms with E-state index in [1.165, 1.54) is 43.3 Å². The molecule has 24 heavy (non-hydrogen) atoms. The highest BCUT2D eigenvalue weighted by Gasteiger charge is 2.26. The summed E-state index contributed by atoms with van der Waals surface area (Å²) in [6, 6.07) is 11.6. The van der Waals surface area contributed by atoms with Crippen molar-refractivity contribution in [2.24, 2.45) is 0 Å². The van der Waals surface area contributed by atoms with E-state index in [9.17, 15) is 18.8 Å². The maximum Gasteiger partial charge on any atom is 0.323 e. The third-order valence-corrected chi connectivity index (χ3v) is 3.21. The molecular formula is C17H16FN3O3. The quantitative estimate of drug-likeness (QED) is 0.661. The number of nitrogen functional groups attached to an aromatic ring is 1. The van der Waals surface area contributed by atoms with E-state index in [-0.39, 0.29) is 12.2 Å². The first kappa shape index (κ1) is 17.1. The van der Waals surface area contributed by atoms with Gasteiger partial charge in [-0.05, 0) is 35.9 Å². The molecule has 0 atom stereocenters. The predicted molar refractivity (Wildman–Crippen MR) is 87.3 cm³/mol. The number of halogens is 1. The molecule has 0 radical (unpaired) electrons. The Morgan fingerprint density at radius 2 is 1.79 bits per heavy atom. The summed E-state index contributed by atoms with van der Waals surface area (Å²) in [4.78, 5) is 36.8. The number of nitrogens with zero attached hydrogens (tertiary/aromatic N) is 1. The zero-order valence-electron chi connectivity index (χ0n) is 13.0. The van der Waals surface area contributed by atoms with Crippen molar-refractivity contribution in [3.63, 3.8) is 0 Å². The summed E-state index contributed by atoms with van der Waals surface area (Å²) >= 11 is 0. The molecule has 0 aliphatic rings. The van der Waals surface area contributed by atoms with Gasteiger partial charge in [-0.15, -0.1) is 0 Å². The number of rotatable bonds is 3. The summed E-state index contributed by atoms with van der Waals surface area (Å²) in [6.07, 6.45) is 0. The number of nitrogens with one attached hydrogen (secondary N) is 1. The Labute approximate surface area is 138 Å². The first-order valence-electron chi connectivity index (χ1n) is 7.11. The summed E-state index contributed by atoms with van der Waals surface area (Å²) in [7, 11) is 0. The highest BCUT2D eigenvalue weighted by Crippen LogP contribution is 2.18. The van der Waals surface area contributed by atoms with Gasteiger partial charge in [0.2, 0.25) is 5.91 Å². The van der Waals surface area contributed by atoms with Gasteiger partial charge in [0.25, 0.3) is 0 Å². The van der Waals surface area contributed by atoms with Gasteiger partial charge in [0.15, 0.2) is 0 Å². The number of nitrogens with two attached hydrogens (primary N) is 1. The lowest BCUT2D eigenvalue weighted by Crippen LogP contribution is -2.45. The predicted octanol–water partition coefficient (Wildman–Crippen LogP) is 1.60. The van der Waals surface area contributed by atoms with Crippen molar-refractivity contribution in [2.75, 3.05) is 10.6 Å². The van der Waals surface area contributed by atoms with Crippen molar-refractivity contribution in [3.05, 3.63) is 59.9 Å². The molecule has 124 valence electrons. The lowest BCUT2D eigenvalue weighted by Gasteiger charge is -2.19. The van der Waals surface area contributed by atoms with Gasteiger partial charge in [0.05, 0.1) is 5.69 Å². The number of imide groups is 1. The highest BCUT2D eigenvalue weighted by atomic mass is 19.1. The molecule has 3 N–H and O–H groups in total. The zero-order valence-corrected chi connectivity index (χ0v) is 13.0. The lowest BCUT2D eigenvalue weighted by molar-refractivity contribution is -0.139. The summed E-state index contributed by atoms with van der Waals surface area (Å²) < 4.78 is 12.8. The summed E-state index contributed by atoms with van der Waals surface area (Å²) in [5.41, 5.74) is 6.83. The molecule has 0 spiro atoms. The van der Waals surface area contributed by atoms with Crippen molar-refractivity contribution in [2.45, 2.75) is 13.5 Å². The van der Waals surface area contributed by atoms with E-state index in [0.717, 1.165) is 4.90 Å². The number of carbonyl (C=O) groups is 3. The van der Waals surface area contributed by atoms with E-state index in [4.69, 9.17) is 5.73 Å². The monoisotopic (exact) mass is 329 g/mol. The molecule has 0 saturated heterocycles. The maximum absolute atomic E-state index is 12.8. The van der Waals surface area contributed by atoms with Crippen molar-refractivity contribution in [1.29, 1.82) is 0 Å². The first-order valence-corrected chi connectivity index (χ1v) is 7.11. The minimum atomic E-state index is -1.02. The third kappa shape index (κ3) is 4.16. The van der Waals surface area contributed by atoms with Gasteiger partial charge in [0, 0.05) is 19.2 Å². The average Bonchev–Trinajstić information content (AvgIpc) is 2.54. The van der Waals surface area contributed by atoms with Crippen LogP contribution < -0.4 is 16.0 Å². The van der Waals surface area contributed by atoms with Crippen LogP contribution in [0, 0.1) is 5.82 Å². The molecule has 0 unspecified atom stereocenters. The number of hydrogen-bond acceptors (Lipinski definition) is 4. The fraction of sp³-hybridized carbons (Fsp3) is 0.118. The van der Waals surface area contributed by atoms with Crippen LogP contribution >= 0.6 is 0 Å². The lowest BCUT2D eigenvalue weighted by atomic mass is 10.2. The van der Waals surface area contributed by atoms with Gasteiger partial charge in [-0.1, -0.05) is 18.2 Å². The van der Waals surface area contributed by atoms with Crippen molar-refractivity contribution < 1.29 is 18.8 Å². The van der Waals surface area contributed by atoms with E-state index in [2.05, 4.69) is 5.32 Å². The average molecular weight is 329 g/mol. The zero-order chi connectivity index (χ0) is 17.7. The van der Waals surface area contributed by atoms with Crippen LogP contribution in [0.2, 0.25) is 0 Å². The van der Waals surface area contributed by atoms with E-state index < -0.39 is 23.5 Å². The third-order valence-electron chi connectivity index (χ3n) is 3.21. The molecule has 2 rings (SSSR count). The highest BCUT2D eigenvalue weighted by molar-refractivity contribution is 6.45. The first-order chi connectivity index (χ1) is 11.4. The van der Waals surface area contributed by atoms with Crippen molar-refractivity contribution in [1.82, 2.24) is 5.32 Å². The molecule has 2 aromatic rings. The van der Waals surface area contributed by atoms with Crippen LogP contribution in [-0.2, 0) is 20.9 Å². The number of carbonyl (C=O) groups excluding carboxylic acids is 3. The second-order valence-corrected chi connectivity index (χ2v) is 5.06. The van der Waals surface area contributed by atoms with E-state index in [1.54, 1.807) is 12.1 Å². The number of benzene rings is 2. The smallest absolute Gasteiger partial charge is 0.323 e. The standard InChI is InChI=1S/C17H16FN3O3/c1-11(22)21(15-4-2-3-14(19)9-15)17(24)16(23)20-10-12-5-7-13(18)8-6-12/h2-9H,10,19H2,1H3,(H,20,23). The summed E-state index contributed by atoms with van der Waals surface area (Å²) in [5, 5.41) is 2.40. The second-order valence-electron chi connectivity index (χ2n) is 5.06. The number of anilines is 2. The van der Waals surface area contributed by atoms with Crippen LogP contribution in [0.4, 0.5) is 15.8 Å². The molecule has 0 aliphatic carbocycles. The Hall–Kier alpha value is -3.22. The largest absolute Gasteiger partial charge is 0.399 e. The topological polar surface area (TPSA) is 92.5 Å². The van der Waals surface area contributed by atoms with Crippen LogP contribution in [0.1, 0.15) is 12.5 Å². The van der Waals surface area contributed by atoms with Gasteiger partial charge >= 0.3 is 11.8 Å². The molecule has 0 aromatic heterocycles. The van der Waals surface area contributed by atoms with E-state index in [1.807, 2.05) is 0 Å². The van der Waals surface area contributed by atoms with Gasteiger partial charge in [-0.2, -0.15) is 0 Å². The molecule has 0 saturated carbocycles. The molecular weight excluding hydrogens is 313 g/mol.